The molecule has 2 aliphatic rings. The van der Waals surface area contributed by atoms with Crippen LogP contribution < -0.4 is 15.5 Å². The van der Waals surface area contributed by atoms with E-state index in [4.69, 9.17) is 17.2 Å². The summed E-state index contributed by atoms with van der Waals surface area (Å²) in [7, 11) is 0. The minimum atomic E-state index is -0.197. The molecule has 1 aromatic heterocycles. The summed E-state index contributed by atoms with van der Waals surface area (Å²) in [6.45, 7) is 7.05. The van der Waals surface area contributed by atoms with Crippen molar-refractivity contribution in [3.63, 3.8) is 0 Å². The maximum absolute atomic E-state index is 13.4. The fraction of sp³-hybridized carbons (Fsp3) is 0.542. The van der Waals surface area contributed by atoms with Crippen molar-refractivity contribution in [3.8, 4) is 0 Å². The van der Waals surface area contributed by atoms with E-state index in [2.05, 4.69) is 27.4 Å². The highest BCUT2D eigenvalue weighted by atomic mass is 32.1. The third kappa shape index (κ3) is 5.32. The molecule has 2 aromatic rings. The van der Waals surface area contributed by atoms with Gasteiger partial charge in [0.1, 0.15) is 11.6 Å². The number of benzene rings is 1. The average Bonchev–Trinajstić information content (AvgIpc) is 3.22. The number of hydrogen-bond acceptors (Lipinski definition) is 4. The van der Waals surface area contributed by atoms with Crippen molar-refractivity contribution in [3.05, 3.63) is 47.4 Å². The van der Waals surface area contributed by atoms with Crippen LogP contribution in [-0.4, -0.2) is 34.7 Å². The second-order valence-electron chi connectivity index (χ2n) is 9.19. The average molecular weight is 442 g/mol. The summed E-state index contributed by atoms with van der Waals surface area (Å²) >= 11 is 5.58. The van der Waals surface area contributed by atoms with Crippen molar-refractivity contribution in [2.24, 2.45) is 5.92 Å². The Labute approximate surface area is 189 Å². The molecule has 4 rings (SSSR count). The Hall–Kier alpha value is -2.28. The lowest BCUT2D eigenvalue weighted by Crippen LogP contribution is -2.41. The highest BCUT2D eigenvalue weighted by Crippen LogP contribution is 2.40. The molecule has 7 heteroatoms. The van der Waals surface area contributed by atoms with Crippen LogP contribution >= 0.6 is 12.2 Å². The molecule has 2 fully saturated rings. The van der Waals surface area contributed by atoms with E-state index in [9.17, 15) is 4.39 Å². The number of aromatic nitrogens is 2. The molecular weight excluding hydrogens is 409 g/mol. The van der Waals surface area contributed by atoms with Gasteiger partial charge in [0.25, 0.3) is 0 Å². The van der Waals surface area contributed by atoms with Gasteiger partial charge in [0.15, 0.2) is 5.11 Å². The Morgan fingerprint density at radius 2 is 1.94 bits per heavy atom. The summed E-state index contributed by atoms with van der Waals surface area (Å²) in [5.41, 5.74) is 2.09. The van der Waals surface area contributed by atoms with Gasteiger partial charge < -0.3 is 15.5 Å². The van der Waals surface area contributed by atoms with Crippen LogP contribution in [0, 0.1) is 18.7 Å². The van der Waals surface area contributed by atoms with Crippen LogP contribution in [0.1, 0.15) is 56.7 Å². The molecule has 2 heterocycles. The number of halogens is 1. The van der Waals surface area contributed by atoms with E-state index in [0.717, 1.165) is 37.4 Å². The second-order valence-corrected chi connectivity index (χ2v) is 9.59. The van der Waals surface area contributed by atoms with E-state index >= 15 is 0 Å². The summed E-state index contributed by atoms with van der Waals surface area (Å²) in [6, 6.07) is 8.97. The minimum absolute atomic E-state index is 0.0119. The number of hydrogen-bond donors (Lipinski definition) is 2. The van der Waals surface area contributed by atoms with Crippen molar-refractivity contribution in [1.29, 1.82) is 0 Å². The van der Waals surface area contributed by atoms with Crippen LogP contribution in [-0.2, 0) is 5.41 Å². The first-order chi connectivity index (χ1) is 14.9. The lowest BCUT2D eigenvalue weighted by molar-refractivity contribution is 0.434. The second kappa shape index (κ2) is 9.47. The largest absolute Gasteiger partial charge is 0.361 e. The quantitative estimate of drug-likeness (QED) is 0.640. The molecule has 2 N–H and O–H groups in total. The van der Waals surface area contributed by atoms with E-state index in [1.165, 1.54) is 31.2 Å². The van der Waals surface area contributed by atoms with Crippen LogP contribution in [0.3, 0.4) is 0 Å². The number of nitrogens with one attached hydrogen (secondary N) is 2. The fourth-order valence-corrected chi connectivity index (χ4v) is 5.15. The van der Waals surface area contributed by atoms with Crippen molar-refractivity contribution < 1.29 is 4.39 Å². The number of piperidine rings is 1. The highest BCUT2D eigenvalue weighted by molar-refractivity contribution is 7.80. The molecule has 31 heavy (non-hydrogen) atoms. The molecule has 1 saturated heterocycles. The van der Waals surface area contributed by atoms with Gasteiger partial charge in [0.2, 0.25) is 5.95 Å². The smallest absolute Gasteiger partial charge is 0.231 e. The van der Waals surface area contributed by atoms with Gasteiger partial charge >= 0.3 is 0 Å². The van der Waals surface area contributed by atoms with Crippen molar-refractivity contribution in [2.45, 2.75) is 57.8 Å². The monoisotopic (exact) mass is 441 g/mol. The normalized spacial score (nSPS) is 20.5. The lowest BCUT2D eigenvalue weighted by Gasteiger charge is -2.32. The number of anilines is 2. The van der Waals surface area contributed by atoms with Crippen LogP contribution in [0.25, 0.3) is 0 Å². The zero-order chi connectivity index (χ0) is 21.8. The Balaban J connectivity index is 1.42. The zero-order valence-corrected chi connectivity index (χ0v) is 19.3. The molecule has 1 aromatic carbocycles. The third-order valence-corrected chi connectivity index (χ3v) is 6.90. The minimum Gasteiger partial charge on any atom is -0.361 e. The lowest BCUT2D eigenvalue weighted by atomic mass is 9.79. The Kier molecular flexibility index (Phi) is 6.70. The van der Waals surface area contributed by atoms with Crippen LogP contribution in [0.15, 0.2) is 30.3 Å². The summed E-state index contributed by atoms with van der Waals surface area (Å²) in [4.78, 5) is 11.6. The predicted octanol–water partition coefficient (Wildman–Crippen LogP) is 4.96. The number of rotatable bonds is 5. The molecule has 1 atom stereocenters. The van der Waals surface area contributed by atoms with E-state index in [1.54, 1.807) is 12.1 Å². The molecule has 0 radical (unpaired) electrons. The van der Waals surface area contributed by atoms with Gasteiger partial charge in [-0.05, 0) is 68.4 Å². The number of nitrogens with zero attached hydrogens (tertiary/aromatic N) is 3. The molecule has 5 nitrogen and oxygen atoms in total. The Morgan fingerprint density at radius 1 is 1.19 bits per heavy atom. The molecular formula is C24H32FN5S. The predicted molar refractivity (Wildman–Crippen MR) is 128 cm³/mol. The van der Waals surface area contributed by atoms with Gasteiger partial charge in [-0.2, -0.15) is 4.98 Å². The maximum atomic E-state index is 13.4. The molecule has 1 aliphatic heterocycles. The summed E-state index contributed by atoms with van der Waals surface area (Å²) in [5, 5.41) is 7.10. The summed E-state index contributed by atoms with van der Waals surface area (Å²) in [6.07, 6.45) is 6.97. The fourth-order valence-electron chi connectivity index (χ4n) is 4.99. The Morgan fingerprint density at radius 3 is 2.65 bits per heavy atom. The molecule has 0 unspecified atom stereocenters. The third-order valence-electron chi connectivity index (χ3n) is 6.65. The van der Waals surface area contributed by atoms with Crippen LogP contribution in [0.5, 0.6) is 0 Å². The molecule has 1 saturated carbocycles. The molecule has 0 bridgehead atoms. The first-order valence-corrected chi connectivity index (χ1v) is 11.8. The van der Waals surface area contributed by atoms with E-state index in [-0.39, 0.29) is 11.2 Å². The van der Waals surface area contributed by atoms with Gasteiger partial charge in [-0.1, -0.05) is 31.9 Å². The van der Waals surface area contributed by atoms with Gasteiger partial charge in [0.05, 0.1) is 0 Å². The standard InChI is InChI=1S/C24H32FN5S/c1-17-6-5-13-30(15-17)21-14-18(2)27-22(28-21)29-23(31)26-16-24(11-3-4-12-24)19-7-9-20(25)10-8-19/h7-10,14,17H,3-6,11-13,15-16H2,1-2H3,(H2,26,27,28,29,31)/t17-/m1/s1. The van der Waals surface area contributed by atoms with Crippen molar-refractivity contribution in [2.75, 3.05) is 29.9 Å². The van der Waals surface area contributed by atoms with Crippen molar-refractivity contribution >= 4 is 29.1 Å². The topological polar surface area (TPSA) is 53.1 Å². The highest BCUT2D eigenvalue weighted by Gasteiger charge is 2.35. The van der Waals surface area contributed by atoms with Gasteiger partial charge in [-0.25, -0.2) is 9.37 Å². The van der Waals surface area contributed by atoms with Crippen molar-refractivity contribution in [1.82, 2.24) is 15.3 Å². The van der Waals surface area contributed by atoms with Crippen LogP contribution in [0.2, 0.25) is 0 Å². The molecule has 0 amide bonds. The summed E-state index contributed by atoms with van der Waals surface area (Å²) < 4.78 is 13.4. The number of aryl methyl sites for hydroxylation is 1. The van der Waals surface area contributed by atoms with E-state index < -0.39 is 0 Å². The summed E-state index contributed by atoms with van der Waals surface area (Å²) in [5.74, 6) is 1.98. The van der Waals surface area contributed by atoms with E-state index in [0.29, 0.717) is 23.5 Å². The number of thiocarbonyl (C=S) groups is 1. The molecule has 0 spiro atoms. The first kappa shape index (κ1) is 21.9. The molecule has 1 aliphatic carbocycles. The Bertz CT molecular complexity index is 911. The maximum Gasteiger partial charge on any atom is 0.231 e. The first-order valence-electron chi connectivity index (χ1n) is 11.4. The van der Waals surface area contributed by atoms with Gasteiger partial charge in [-0.3, -0.25) is 0 Å². The zero-order valence-electron chi connectivity index (χ0n) is 18.5. The van der Waals surface area contributed by atoms with Crippen LogP contribution in [0.4, 0.5) is 16.2 Å². The molecule has 166 valence electrons. The van der Waals surface area contributed by atoms with Gasteiger partial charge in [-0.15, -0.1) is 0 Å². The van der Waals surface area contributed by atoms with E-state index in [1.807, 2.05) is 25.1 Å². The SMILES string of the molecule is Cc1cc(N2CCC[C@@H](C)C2)nc(NC(=S)NCC2(c3ccc(F)cc3)CCCC2)n1. The van der Waals surface area contributed by atoms with Gasteiger partial charge in [0, 0.05) is 36.8 Å².